The van der Waals surface area contributed by atoms with Crippen molar-refractivity contribution in [2.75, 3.05) is 26.2 Å². The summed E-state index contributed by atoms with van der Waals surface area (Å²) in [6.45, 7) is 6.55. The standard InChI is InChI=1S/C17H28N2O.2ClH/c1-15(18)14-16-6-8-17(9-7-16)20-13-5-12-19-10-3-2-4-11-19;;/h6-9,15H,2-5,10-14,18H2,1H3;2*1H. The Bertz CT molecular complexity index is 379. The lowest BCUT2D eigenvalue weighted by molar-refractivity contribution is 0.205. The largest absolute Gasteiger partial charge is 0.494 e. The minimum atomic E-state index is 0. The molecule has 0 aromatic heterocycles. The van der Waals surface area contributed by atoms with Crippen LogP contribution in [0.5, 0.6) is 5.75 Å². The Morgan fingerprint density at radius 1 is 1.09 bits per heavy atom. The first-order valence-corrected chi connectivity index (χ1v) is 7.94. The molecule has 3 nitrogen and oxygen atoms in total. The van der Waals surface area contributed by atoms with Gasteiger partial charge in [0.25, 0.3) is 0 Å². The zero-order chi connectivity index (χ0) is 14.2. The van der Waals surface area contributed by atoms with E-state index in [2.05, 4.69) is 29.2 Å². The van der Waals surface area contributed by atoms with Gasteiger partial charge in [-0.15, -0.1) is 24.8 Å². The predicted molar refractivity (Wildman–Crippen MR) is 98.7 cm³/mol. The third-order valence-corrected chi connectivity index (χ3v) is 3.82. The molecule has 0 amide bonds. The van der Waals surface area contributed by atoms with Crippen LogP contribution in [0.1, 0.15) is 38.2 Å². The Morgan fingerprint density at radius 3 is 2.32 bits per heavy atom. The molecule has 1 fully saturated rings. The summed E-state index contributed by atoms with van der Waals surface area (Å²) in [7, 11) is 0. The number of hydrogen-bond acceptors (Lipinski definition) is 3. The molecule has 1 heterocycles. The molecule has 128 valence electrons. The minimum Gasteiger partial charge on any atom is -0.494 e. The van der Waals surface area contributed by atoms with Crippen LogP contribution in [0.15, 0.2) is 24.3 Å². The topological polar surface area (TPSA) is 38.5 Å². The zero-order valence-electron chi connectivity index (χ0n) is 13.5. The lowest BCUT2D eigenvalue weighted by atomic mass is 10.1. The van der Waals surface area contributed by atoms with Crippen molar-refractivity contribution < 1.29 is 4.74 Å². The van der Waals surface area contributed by atoms with E-state index in [1.165, 1.54) is 44.5 Å². The van der Waals surface area contributed by atoms with Gasteiger partial charge in [-0.25, -0.2) is 0 Å². The van der Waals surface area contributed by atoms with Gasteiger partial charge in [0.1, 0.15) is 5.75 Å². The SMILES string of the molecule is CC(N)Cc1ccc(OCCCN2CCCCC2)cc1.Cl.Cl. The molecule has 1 aromatic carbocycles. The quantitative estimate of drug-likeness (QED) is 0.764. The molecule has 0 bridgehead atoms. The number of benzene rings is 1. The van der Waals surface area contributed by atoms with Gasteiger partial charge < -0.3 is 15.4 Å². The van der Waals surface area contributed by atoms with Gasteiger partial charge in [-0.3, -0.25) is 0 Å². The Labute approximate surface area is 147 Å². The molecule has 5 heteroatoms. The summed E-state index contributed by atoms with van der Waals surface area (Å²) in [6.07, 6.45) is 6.17. The number of hydrogen-bond donors (Lipinski definition) is 1. The van der Waals surface area contributed by atoms with Gasteiger partial charge in [-0.2, -0.15) is 0 Å². The highest BCUT2D eigenvalue weighted by molar-refractivity contribution is 5.85. The molecule has 1 aromatic rings. The maximum Gasteiger partial charge on any atom is 0.119 e. The van der Waals surface area contributed by atoms with Crippen molar-refractivity contribution in [3.63, 3.8) is 0 Å². The van der Waals surface area contributed by atoms with Crippen LogP contribution in [-0.4, -0.2) is 37.2 Å². The van der Waals surface area contributed by atoms with E-state index in [1.54, 1.807) is 0 Å². The van der Waals surface area contributed by atoms with Gasteiger partial charge >= 0.3 is 0 Å². The van der Waals surface area contributed by atoms with Gasteiger partial charge in [0, 0.05) is 12.6 Å². The summed E-state index contributed by atoms with van der Waals surface area (Å²) in [4.78, 5) is 2.55. The normalized spacial score (nSPS) is 16.3. The van der Waals surface area contributed by atoms with Crippen LogP contribution in [0.3, 0.4) is 0 Å². The summed E-state index contributed by atoms with van der Waals surface area (Å²) in [6, 6.07) is 8.55. The second kappa shape index (κ2) is 12.0. The minimum absolute atomic E-state index is 0. The summed E-state index contributed by atoms with van der Waals surface area (Å²) in [5, 5.41) is 0. The zero-order valence-corrected chi connectivity index (χ0v) is 15.1. The van der Waals surface area contributed by atoms with Crippen LogP contribution >= 0.6 is 24.8 Å². The lowest BCUT2D eigenvalue weighted by Gasteiger charge is -2.26. The molecule has 22 heavy (non-hydrogen) atoms. The maximum absolute atomic E-state index is 5.80. The molecule has 1 aliphatic rings. The van der Waals surface area contributed by atoms with Crippen LogP contribution in [0.2, 0.25) is 0 Å². The highest BCUT2D eigenvalue weighted by Crippen LogP contribution is 2.14. The van der Waals surface area contributed by atoms with E-state index in [1.807, 2.05) is 6.92 Å². The van der Waals surface area contributed by atoms with E-state index < -0.39 is 0 Å². The Hall–Kier alpha value is -0.480. The molecular formula is C17H30Cl2N2O. The maximum atomic E-state index is 5.80. The molecular weight excluding hydrogens is 319 g/mol. The molecule has 2 rings (SSSR count). The number of nitrogens with two attached hydrogens (primary N) is 1. The van der Waals surface area contributed by atoms with Crippen molar-refractivity contribution in [1.82, 2.24) is 4.90 Å². The van der Waals surface area contributed by atoms with Crippen molar-refractivity contribution in [3.8, 4) is 5.75 Å². The van der Waals surface area contributed by atoms with E-state index in [0.717, 1.165) is 25.2 Å². The number of piperidine rings is 1. The van der Waals surface area contributed by atoms with E-state index in [0.29, 0.717) is 0 Å². The smallest absolute Gasteiger partial charge is 0.119 e. The average Bonchev–Trinajstić information content (AvgIpc) is 2.46. The van der Waals surface area contributed by atoms with E-state index in [9.17, 15) is 0 Å². The summed E-state index contributed by atoms with van der Waals surface area (Å²) >= 11 is 0. The van der Waals surface area contributed by atoms with Crippen LogP contribution in [0.25, 0.3) is 0 Å². The fraction of sp³-hybridized carbons (Fsp3) is 0.647. The Kier molecular flexibility index (Phi) is 11.7. The molecule has 0 aliphatic carbocycles. The number of halogens is 2. The number of rotatable bonds is 7. The second-order valence-electron chi connectivity index (χ2n) is 5.93. The first kappa shape index (κ1) is 21.5. The number of ether oxygens (including phenoxy) is 1. The van der Waals surface area contributed by atoms with Crippen molar-refractivity contribution >= 4 is 24.8 Å². The van der Waals surface area contributed by atoms with Crippen LogP contribution < -0.4 is 10.5 Å². The third kappa shape index (κ3) is 8.23. The molecule has 2 N–H and O–H groups in total. The van der Waals surface area contributed by atoms with Crippen molar-refractivity contribution in [2.45, 2.75) is 45.1 Å². The molecule has 1 saturated heterocycles. The van der Waals surface area contributed by atoms with Gasteiger partial charge in [-0.05, 0) is 63.4 Å². The van der Waals surface area contributed by atoms with Gasteiger partial charge in [0.2, 0.25) is 0 Å². The molecule has 0 saturated carbocycles. The van der Waals surface area contributed by atoms with Gasteiger partial charge in [0.05, 0.1) is 6.61 Å². The molecule has 1 atom stereocenters. The van der Waals surface area contributed by atoms with E-state index in [-0.39, 0.29) is 30.9 Å². The number of likely N-dealkylation sites (tertiary alicyclic amines) is 1. The second-order valence-corrected chi connectivity index (χ2v) is 5.93. The van der Waals surface area contributed by atoms with Gasteiger partial charge in [0.15, 0.2) is 0 Å². The molecule has 1 unspecified atom stereocenters. The monoisotopic (exact) mass is 348 g/mol. The van der Waals surface area contributed by atoms with Crippen molar-refractivity contribution in [1.29, 1.82) is 0 Å². The van der Waals surface area contributed by atoms with Crippen molar-refractivity contribution in [3.05, 3.63) is 29.8 Å². The Morgan fingerprint density at radius 2 is 1.73 bits per heavy atom. The Balaban J connectivity index is 0.00000220. The van der Waals surface area contributed by atoms with Crippen LogP contribution in [-0.2, 0) is 6.42 Å². The first-order chi connectivity index (χ1) is 9.74. The first-order valence-electron chi connectivity index (χ1n) is 7.94. The van der Waals surface area contributed by atoms with Gasteiger partial charge in [-0.1, -0.05) is 18.6 Å². The average molecular weight is 349 g/mol. The molecule has 0 radical (unpaired) electrons. The highest BCUT2D eigenvalue weighted by Gasteiger charge is 2.09. The highest BCUT2D eigenvalue weighted by atomic mass is 35.5. The summed E-state index contributed by atoms with van der Waals surface area (Å²) in [5.41, 5.74) is 7.07. The molecule has 0 spiro atoms. The lowest BCUT2D eigenvalue weighted by Crippen LogP contribution is -2.31. The third-order valence-electron chi connectivity index (χ3n) is 3.82. The van der Waals surface area contributed by atoms with Crippen LogP contribution in [0, 0.1) is 0 Å². The predicted octanol–water partition coefficient (Wildman–Crippen LogP) is 3.67. The van der Waals surface area contributed by atoms with E-state index in [4.69, 9.17) is 10.5 Å². The fourth-order valence-electron chi connectivity index (χ4n) is 2.75. The molecule has 1 aliphatic heterocycles. The van der Waals surface area contributed by atoms with Crippen molar-refractivity contribution in [2.24, 2.45) is 5.73 Å². The number of nitrogens with zero attached hydrogens (tertiary/aromatic N) is 1. The summed E-state index contributed by atoms with van der Waals surface area (Å²) in [5.74, 6) is 0.970. The summed E-state index contributed by atoms with van der Waals surface area (Å²) < 4.78 is 5.80. The van der Waals surface area contributed by atoms with E-state index >= 15 is 0 Å². The van der Waals surface area contributed by atoms with Crippen LogP contribution in [0.4, 0.5) is 0 Å². The fourth-order valence-corrected chi connectivity index (χ4v) is 2.75.